The molecule has 140 valence electrons. The van der Waals surface area contributed by atoms with Crippen molar-refractivity contribution in [3.63, 3.8) is 0 Å². The fraction of sp³-hybridized carbons (Fsp3) is 0.438. The molecule has 0 bridgehead atoms. The first-order valence-electron chi connectivity index (χ1n) is 6.60. The minimum absolute atomic E-state index is 0. The first-order chi connectivity index (χ1) is 10.1. The van der Waals surface area contributed by atoms with Crippen LogP contribution in [-0.4, -0.2) is 18.5 Å². The summed E-state index contributed by atoms with van der Waals surface area (Å²) in [6.07, 6.45) is 1.50. The van der Waals surface area contributed by atoms with E-state index < -0.39 is 15.6 Å². The number of rotatable bonds is 0. The van der Waals surface area contributed by atoms with Crippen molar-refractivity contribution in [3.8, 4) is 0 Å². The number of hydrogen-bond acceptors (Lipinski definition) is 2. The number of benzene rings is 1. The standard InChI is InChI=1S/C12H18.C3H5.CHF3O3S.Ru/c1-7-8(2)10(4)12(6)11(5)9(7)3;1-3-2;2-1(3,4)8(5,6)7;/h1-6H3;3H,1-2H2;(H,5,6,7);/q;;;+1. The zero-order valence-corrected chi connectivity index (χ0v) is 17.2. The van der Waals surface area contributed by atoms with Crippen LogP contribution < -0.4 is 0 Å². The molecule has 0 atom stereocenters. The number of alkyl halides is 3. The smallest absolute Gasteiger partial charge is 0.279 e. The molecule has 0 amide bonds. The Hall–Kier alpha value is -0.457. The maximum Gasteiger partial charge on any atom is 1.00 e. The summed E-state index contributed by atoms with van der Waals surface area (Å²) in [6.45, 7) is 19.8. The SMILES string of the molecule is Cc1c(C)c(C)c(C)c(C)c1C.O=S(=O)(O)C(F)(F)F.[CH2][CH][CH2].[Ru+]. The Balaban J connectivity index is -0.000000322. The topological polar surface area (TPSA) is 54.4 Å². The van der Waals surface area contributed by atoms with E-state index in [1.165, 1.54) is 39.8 Å². The fourth-order valence-electron chi connectivity index (χ4n) is 1.69. The summed E-state index contributed by atoms with van der Waals surface area (Å²) in [5, 5.41) is 0. The zero-order valence-electron chi connectivity index (χ0n) is 14.7. The Labute approximate surface area is 156 Å². The molecule has 0 saturated carbocycles. The number of hydrogen-bond donors (Lipinski definition) is 1. The van der Waals surface area contributed by atoms with Crippen LogP contribution in [0.4, 0.5) is 13.2 Å². The second kappa shape index (κ2) is 11.2. The number of halogens is 3. The van der Waals surface area contributed by atoms with Gasteiger partial charge in [0.15, 0.2) is 0 Å². The molecule has 0 heterocycles. The molecule has 3 nitrogen and oxygen atoms in total. The Morgan fingerprint density at radius 3 is 0.917 bits per heavy atom. The van der Waals surface area contributed by atoms with Gasteiger partial charge in [-0.25, -0.2) is 0 Å². The average molecular weight is 454 g/mol. The van der Waals surface area contributed by atoms with Gasteiger partial charge in [-0.3, -0.25) is 4.55 Å². The molecule has 0 aromatic heterocycles. The Bertz CT molecular complexity index is 519. The van der Waals surface area contributed by atoms with Crippen molar-refractivity contribution in [2.24, 2.45) is 0 Å². The van der Waals surface area contributed by atoms with E-state index in [9.17, 15) is 13.2 Å². The molecule has 1 aromatic rings. The molecule has 8 heteroatoms. The van der Waals surface area contributed by atoms with Crippen molar-refractivity contribution in [3.05, 3.63) is 53.6 Å². The predicted octanol–water partition coefficient (Wildman–Crippen LogP) is 4.79. The van der Waals surface area contributed by atoms with Gasteiger partial charge in [0.2, 0.25) is 0 Å². The molecule has 0 fully saturated rings. The van der Waals surface area contributed by atoms with Crippen LogP contribution in [0.15, 0.2) is 0 Å². The van der Waals surface area contributed by atoms with Crippen LogP contribution >= 0.6 is 0 Å². The third kappa shape index (κ3) is 8.58. The fourth-order valence-corrected chi connectivity index (χ4v) is 1.69. The Morgan fingerprint density at radius 1 is 0.792 bits per heavy atom. The normalized spacial score (nSPS) is 10.7. The summed E-state index contributed by atoms with van der Waals surface area (Å²) in [5.74, 6) is 0. The summed E-state index contributed by atoms with van der Waals surface area (Å²) in [6, 6.07) is 0. The van der Waals surface area contributed by atoms with Gasteiger partial charge in [-0.05, 0) is 95.2 Å². The largest absolute Gasteiger partial charge is 1.00 e. The van der Waals surface area contributed by atoms with Crippen LogP contribution in [0, 0.1) is 61.8 Å². The van der Waals surface area contributed by atoms with Crippen molar-refractivity contribution in [2.75, 3.05) is 0 Å². The van der Waals surface area contributed by atoms with Gasteiger partial charge >= 0.3 is 35.1 Å². The van der Waals surface area contributed by atoms with E-state index in [1.807, 2.05) is 0 Å². The molecule has 0 saturated heterocycles. The van der Waals surface area contributed by atoms with E-state index in [0.717, 1.165) is 0 Å². The molecule has 1 rings (SSSR count). The molecule has 1 N–H and O–H groups in total. The van der Waals surface area contributed by atoms with Crippen LogP contribution in [0.5, 0.6) is 0 Å². The molecule has 1 aromatic carbocycles. The van der Waals surface area contributed by atoms with E-state index in [4.69, 9.17) is 13.0 Å². The van der Waals surface area contributed by atoms with Crippen molar-refractivity contribution >= 4 is 10.1 Å². The second-order valence-corrected chi connectivity index (χ2v) is 6.37. The van der Waals surface area contributed by atoms with Crippen molar-refractivity contribution in [2.45, 2.75) is 47.1 Å². The molecule has 0 aliphatic rings. The third-order valence-electron chi connectivity index (χ3n) is 3.67. The third-order valence-corrected chi connectivity index (χ3v) is 4.25. The Morgan fingerprint density at radius 2 is 0.875 bits per heavy atom. The van der Waals surface area contributed by atoms with E-state index in [-0.39, 0.29) is 19.5 Å². The van der Waals surface area contributed by atoms with Crippen molar-refractivity contribution in [1.82, 2.24) is 0 Å². The average Bonchev–Trinajstić information content (AvgIpc) is 2.40. The maximum atomic E-state index is 10.7. The van der Waals surface area contributed by atoms with Crippen LogP contribution in [-0.2, 0) is 29.6 Å². The molecule has 4 radical (unpaired) electrons. The van der Waals surface area contributed by atoms with Crippen LogP contribution in [0.25, 0.3) is 0 Å². The van der Waals surface area contributed by atoms with E-state index >= 15 is 0 Å². The summed E-state index contributed by atoms with van der Waals surface area (Å²) in [4.78, 5) is 0. The summed E-state index contributed by atoms with van der Waals surface area (Å²) >= 11 is 0. The van der Waals surface area contributed by atoms with Gasteiger partial charge in [-0.15, -0.1) is 0 Å². The first kappa shape index (κ1) is 28.4. The van der Waals surface area contributed by atoms with E-state index in [1.54, 1.807) is 0 Å². The van der Waals surface area contributed by atoms with E-state index in [0.29, 0.717) is 0 Å². The predicted molar refractivity (Wildman–Crippen MR) is 87.5 cm³/mol. The molecular weight excluding hydrogens is 430 g/mol. The van der Waals surface area contributed by atoms with Crippen molar-refractivity contribution < 1.29 is 45.6 Å². The second-order valence-electron chi connectivity index (χ2n) is 4.96. The van der Waals surface area contributed by atoms with Gasteiger partial charge in [-0.1, -0.05) is 0 Å². The van der Waals surface area contributed by atoms with Gasteiger partial charge in [0.05, 0.1) is 0 Å². The van der Waals surface area contributed by atoms with Crippen LogP contribution in [0.1, 0.15) is 33.4 Å². The molecule has 0 aliphatic carbocycles. The van der Waals surface area contributed by atoms with Gasteiger partial charge in [0, 0.05) is 0 Å². The molecule has 0 aliphatic heterocycles. The quantitative estimate of drug-likeness (QED) is 0.349. The molecule has 0 spiro atoms. The molecular formula is C16H24F3O3RuS+. The molecule has 0 unspecified atom stereocenters. The first-order valence-corrected chi connectivity index (χ1v) is 8.04. The summed E-state index contributed by atoms with van der Waals surface area (Å²) in [7, 11) is -5.84. The minimum atomic E-state index is -5.84. The Kier molecular flexibility index (Phi) is 13.2. The van der Waals surface area contributed by atoms with Crippen molar-refractivity contribution in [1.29, 1.82) is 0 Å². The van der Waals surface area contributed by atoms with Crippen LogP contribution in [0.2, 0.25) is 0 Å². The maximum absolute atomic E-state index is 10.7. The molecule has 24 heavy (non-hydrogen) atoms. The monoisotopic (exact) mass is 455 g/mol. The van der Waals surface area contributed by atoms with Gasteiger partial charge in [0.1, 0.15) is 0 Å². The van der Waals surface area contributed by atoms with Gasteiger partial charge < -0.3 is 0 Å². The minimum Gasteiger partial charge on any atom is -0.279 e. The summed E-state index contributed by atoms with van der Waals surface area (Å²) < 4.78 is 57.5. The van der Waals surface area contributed by atoms with Crippen LogP contribution in [0.3, 0.4) is 0 Å². The summed E-state index contributed by atoms with van der Waals surface area (Å²) in [5.41, 5.74) is 3.19. The zero-order chi connectivity index (χ0) is 19.2. The van der Waals surface area contributed by atoms with E-state index in [2.05, 4.69) is 55.4 Å². The van der Waals surface area contributed by atoms with Gasteiger partial charge in [0.25, 0.3) is 0 Å². The van der Waals surface area contributed by atoms with Gasteiger partial charge in [-0.2, -0.15) is 21.6 Å².